The predicted molar refractivity (Wildman–Crippen MR) is 38.6 cm³/mol. The van der Waals surface area contributed by atoms with Crippen molar-refractivity contribution in [3.8, 4) is 11.4 Å². The number of aromatic hydroxyl groups is 1. The van der Waals surface area contributed by atoms with E-state index in [1.165, 1.54) is 4.80 Å². The van der Waals surface area contributed by atoms with Gasteiger partial charge in [-0.3, -0.25) is 0 Å². The van der Waals surface area contributed by atoms with Crippen LogP contribution in [-0.4, -0.2) is 30.8 Å². The maximum Gasteiger partial charge on any atom is 0.115 e. The fourth-order valence-electron chi connectivity index (χ4n) is 0.819. The molecule has 2 rings (SSSR count). The molecule has 1 heterocycles. The zero-order valence-electron chi connectivity index (χ0n) is 5.99. The smallest absolute Gasteiger partial charge is 0.115 e. The summed E-state index contributed by atoms with van der Waals surface area (Å²) in [6, 6.07) is 6.41. The first kappa shape index (κ1) is 6.71. The number of phenols is 1. The molecule has 0 aliphatic carbocycles. The zero-order chi connectivity index (χ0) is 8.39. The van der Waals surface area contributed by atoms with Gasteiger partial charge in [0.25, 0.3) is 0 Å². The van der Waals surface area contributed by atoms with E-state index in [-0.39, 0.29) is 5.75 Å². The molecule has 12 heavy (non-hydrogen) atoms. The Hall–Kier alpha value is -1.98. The Morgan fingerprint density at radius 3 is 2.17 bits per heavy atom. The summed E-state index contributed by atoms with van der Waals surface area (Å²) in [6.07, 6.45) is 0. The van der Waals surface area contributed by atoms with Crippen molar-refractivity contribution in [3.63, 3.8) is 0 Å². The molecule has 1 aromatic heterocycles. The molecule has 0 atom stereocenters. The molecule has 2 aromatic rings. The van der Waals surface area contributed by atoms with Crippen molar-refractivity contribution in [2.75, 3.05) is 0 Å². The number of phenolic OH excluding ortho intramolecular Hbond substituents is 1. The van der Waals surface area contributed by atoms with E-state index in [0.29, 0.717) is 5.69 Å². The van der Waals surface area contributed by atoms with Gasteiger partial charge in [0.1, 0.15) is 5.75 Å². The molecule has 0 aliphatic heterocycles. The van der Waals surface area contributed by atoms with E-state index in [4.69, 9.17) is 5.11 Å². The minimum absolute atomic E-state index is 0.201. The molecule has 0 amide bonds. The minimum Gasteiger partial charge on any atom is -0.508 e. The van der Waals surface area contributed by atoms with Gasteiger partial charge in [-0.15, -0.1) is 4.80 Å². The van der Waals surface area contributed by atoms with Crippen molar-refractivity contribution >= 4 is 0 Å². The van der Waals surface area contributed by atoms with Crippen LogP contribution >= 0.6 is 0 Å². The summed E-state index contributed by atoms with van der Waals surface area (Å²) >= 11 is 0. The molecule has 1 aromatic carbocycles. The van der Waals surface area contributed by atoms with Crippen LogP contribution in [0.2, 0.25) is 0 Å². The highest BCUT2D eigenvalue weighted by Gasteiger charge is 1.97. The molecule has 1 N–H and O–H groups in total. The summed E-state index contributed by atoms with van der Waals surface area (Å²) in [5.41, 5.74) is 0.706. The van der Waals surface area contributed by atoms with E-state index in [9.17, 15) is 0 Å². The quantitative estimate of drug-likeness (QED) is 0.628. The van der Waals surface area contributed by atoms with Crippen LogP contribution in [-0.2, 0) is 0 Å². The molecule has 0 radical (unpaired) electrons. The number of nitrogens with zero attached hydrogens (tertiary/aromatic N) is 5. The Bertz CT molecular complexity index is 354. The van der Waals surface area contributed by atoms with Crippen LogP contribution in [0.5, 0.6) is 5.75 Å². The highest BCUT2D eigenvalue weighted by Crippen LogP contribution is 2.10. The zero-order valence-corrected chi connectivity index (χ0v) is 5.99. The normalized spacial score (nSPS) is 10.0. The minimum atomic E-state index is 0.201. The fraction of sp³-hybridized carbons (Fsp3) is 0. The van der Waals surface area contributed by atoms with Crippen LogP contribution in [0.25, 0.3) is 5.69 Å². The van der Waals surface area contributed by atoms with Gasteiger partial charge in [0, 0.05) is 0 Å². The lowest BCUT2D eigenvalue weighted by atomic mass is 10.3. The Kier molecular flexibility index (Phi) is 1.44. The molecule has 6 nitrogen and oxygen atoms in total. The Labute approximate surface area is 67.4 Å². The van der Waals surface area contributed by atoms with Crippen LogP contribution in [0.15, 0.2) is 24.3 Å². The lowest BCUT2D eigenvalue weighted by molar-refractivity contribution is 0.475. The van der Waals surface area contributed by atoms with Crippen LogP contribution in [0, 0.1) is 0 Å². The van der Waals surface area contributed by atoms with Crippen molar-refractivity contribution in [1.82, 2.24) is 25.7 Å². The van der Waals surface area contributed by atoms with E-state index >= 15 is 0 Å². The van der Waals surface area contributed by atoms with Crippen LogP contribution < -0.4 is 0 Å². The molecule has 60 valence electrons. The molecule has 0 bridgehead atoms. The summed E-state index contributed by atoms with van der Waals surface area (Å²) in [7, 11) is 0. The molecule has 0 aliphatic rings. The van der Waals surface area contributed by atoms with Crippen molar-refractivity contribution in [2.24, 2.45) is 0 Å². The Balaban J connectivity index is 2.43. The summed E-state index contributed by atoms with van der Waals surface area (Å²) in [5.74, 6) is 0.201. The standard InChI is InChI=1S/C6H5N5O/c12-6-3-1-5(2-4-6)11-9-7-8-10-11/h1-4,12H. The van der Waals surface area contributed by atoms with Crippen LogP contribution in [0.3, 0.4) is 0 Å². The average molecular weight is 163 g/mol. The van der Waals surface area contributed by atoms with E-state index in [1.807, 2.05) is 0 Å². The number of benzene rings is 1. The fourth-order valence-corrected chi connectivity index (χ4v) is 0.819. The molecule has 6 heteroatoms. The second-order valence-corrected chi connectivity index (χ2v) is 2.16. The first-order chi connectivity index (χ1) is 5.86. The van der Waals surface area contributed by atoms with Gasteiger partial charge >= 0.3 is 0 Å². The number of hydrogen-bond donors (Lipinski definition) is 1. The van der Waals surface area contributed by atoms with Crippen LogP contribution in [0.1, 0.15) is 0 Å². The maximum atomic E-state index is 8.97. The van der Waals surface area contributed by atoms with E-state index in [1.54, 1.807) is 24.3 Å². The third-order valence-electron chi connectivity index (χ3n) is 1.37. The molecule has 0 saturated heterocycles. The maximum absolute atomic E-state index is 8.97. The van der Waals surface area contributed by atoms with Crippen molar-refractivity contribution < 1.29 is 5.11 Å². The van der Waals surface area contributed by atoms with Gasteiger partial charge in [0.15, 0.2) is 0 Å². The summed E-state index contributed by atoms with van der Waals surface area (Å²) in [5, 5.41) is 22.8. The summed E-state index contributed by atoms with van der Waals surface area (Å²) < 4.78 is 0. The monoisotopic (exact) mass is 163 g/mol. The SMILES string of the molecule is Oc1ccc(-n2nnnn2)cc1. The molecule has 0 saturated carbocycles. The number of rotatable bonds is 1. The Morgan fingerprint density at radius 1 is 1.00 bits per heavy atom. The number of aromatic nitrogens is 5. The van der Waals surface area contributed by atoms with Gasteiger partial charge in [0.05, 0.1) is 5.69 Å². The topological polar surface area (TPSA) is 76.7 Å². The van der Waals surface area contributed by atoms with Gasteiger partial charge in [-0.05, 0) is 45.1 Å². The van der Waals surface area contributed by atoms with Gasteiger partial charge < -0.3 is 5.11 Å². The average Bonchev–Trinajstić information content (AvgIpc) is 2.58. The van der Waals surface area contributed by atoms with Gasteiger partial charge in [-0.1, -0.05) is 0 Å². The summed E-state index contributed by atoms with van der Waals surface area (Å²) in [6.45, 7) is 0. The second-order valence-electron chi connectivity index (χ2n) is 2.16. The first-order valence-electron chi connectivity index (χ1n) is 3.27. The van der Waals surface area contributed by atoms with Gasteiger partial charge in [-0.25, -0.2) is 0 Å². The first-order valence-corrected chi connectivity index (χ1v) is 3.27. The largest absolute Gasteiger partial charge is 0.508 e. The molecule has 0 spiro atoms. The highest BCUT2D eigenvalue weighted by atomic mass is 16.3. The highest BCUT2D eigenvalue weighted by molar-refractivity contribution is 5.34. The lowest BCUT2D eigenvalue weighted by Crippen LogP contribution is -1.98. The van der Waals surface area contributed by atoms with E-state index in [0.717, 1.165) is 0 Å². The Morgan fingerprint density at radius 2 is 1.58 bits per heavy atom. The molecule has 0 fully saturated rings. The molecular weight excluding hydrogens is 158 g/mol. The van der Waals surface area contributed by atoms with E-state index < -0.39 is 0 Å². The number of hydrogen-bond acceptors (Lipinski definition) is 5. The molecule has 0 unspecified atom stereocenters. The second kappa shape index (κ2) is 2.57. The van der Waals surface area contributed by atoms with E-state index in [2.05, 4.69) is 20.9 Å². The van der Waals surface area contributed by atoms with Crippen molar-refractivity contribution in [2.45, 2.75) is 0 Å². The third-order valence-corrected chi connectivity index (χ3v) is 1.37. The summed E-state index contributed by atoms with van der Waals surface area (Å²) in [4.78, 5) is 1.26. The predicted octanol–water partition coefficient (Wildman–Crippen LogP) is -0.237. The van der Waals surface area contributed by atoms with Gasteiger partial charge in [0.2, 0.25) is 0 Å². The van der Waals surface area contributed by atoms with Crippen molar-refractivity contribution in [3.05, 3.63) is 24.3 Å². The lowest BCUT2D eigenvalue weighted by Gasteiger charge is -1.95. The van der Waals surface area contributed by atoms with Gasteiger partial charge in [-0.2, -0.15) is 0 Å². The third kappa shape index (κ3) is 1.09. The molecular formula is C6H5N5O. The van der Waals surface area contributed by atoms with Crippen molar-refractivity contribution in [1.29, 1.82) is 0 Å². The van der Waals surface area contributed by atoms with Crippen LogP contribution in [0.4, 0.5) is 0 Å².